The number of hydrogen-bond donors (Lipinski definition) is 4. The fourth-order valence-corrected chi connectivity index (χ4v) is 2.94. The maximum atomic E-state index is 14.5. The number of anilines is 1. The molecule has 11 nitrogen and oxygen atoms in total. The van der Waals surface area contributed by atoms with Gasteiger partial charge in [0.2, 0.25) is 5.60 Å². The molecule has 0 amide bonds. The monoisotopic (exact) mass is 410 g/mol. The zero-order valence-electron chi connectivity index (χ0n) is 17.5. The third kappa shape index (κ3) is 3.28. The molecule has 12 heteroatoms. The second kappa shape index (κ2) is 7.53. The van der Waals surface area contributed by atoms with Crippen LogP contribution < -0.4 is 11.5 Å². The molecule has 6 N–H and O–H groups in total. The molecule has 5 atom stereocenters. The van der Waals surface area contributed by atoms with Gasteiger partial charge >= 0.3 is 5.97 Å². The molecule has 1 saturated heterocycles. The summed E-state index contributed by atoms with van der Waals surface area (Å²) in [4.78, 5) is 15.8. The van der Waals surface area contributed by atoms with Crippen LogP contribution in [0.25, 0.3) is 5.52 Å². The molecule has 0 aromatic carbocycles. The molecule has 3 heterocycles. The fourth-order valence-electron chi connectivity index (χ4n) is 2.94. The molecule has 1 aliphatic rings. The van der Waals surface area contributed by atoms with E-state index in [0.717, 1.165) is 16.9 Å². The van der Waals surface area contributed by atoms with Crippen molar-refractivity contribution < 1.29 is 31.6 Å². The van der Waals surface area contributed by atoms with Crippen LogP contribution >= 0.6 is 0 Å². The highest BCUT2D eigenvalue weighted by Crippen LogP contribution is 2.41. The zero-order valence-corrected chi connectivity index (χ0v) is 15.5. The largest absolute Gasteiger partial charge is 0.462 e. The fraction of sp³-hybridized carbons (Fsp3) is 0.529. The van der Waals surface area contributed by atoms with E-state index < -0.39 is 48.3 Å². The average Bonchev–Trinajstić information content (AvgIpc) is 3.17. The van der Waals surface area contributed by atoms with Crippen LogP contribution in [0, 0.1) is 23.1 Å². The van der Waals surface area contributed by atoms with E-state index in [4.69, 9.17) is 23.7 Å². The number of nitriles is 1. The molecular weight excluding hydrogens is 387 g/mol. The number of nitrogen functional groups attached to an aromatic ring is 1. The van der Waals surface area contributed by atoms with E-state index in [1.54, 1.807) is 19.9 Å². The van der Waals surface area contributed by atoms with Crippen LogP contribution in [0.2, 0.25) is 0 Å². The van der Waals surface area contributed by atoms with Crippen molar-refractivity contribution in [1.82, 2.24) is 14.6 Å². The highest BCUT2D eigenvalue weighted by molar-refractivity contribution is 5.75. The first kappa shape index (κ1) is 18.2. The number of carbonyl (C=O) groups excluding carboxylic acids is 1. The Morgan fingerprint density at radius 1 is 1.62 bits per heavy atom. The van der Waals surface area contributed by atoms with Gasteiger partial charge in [-0.15, -0.1) is 0 Å². The highest BCUT2D eigenvalue weighted by atomic mass is 19.1. The molecule has 0 aliphatic carbocycles. The van der Waals surface area contributed by atoms with Crippen molar-refractivity contribution in [2.75, 3.05) is 12.3 Å². The Balaban J connectivity index is 2.03. The number of ether oxygens (including phenoxy) is 2. The van der Waals surface area contributed by atoms with Crippen molar-refractivity contribution >= 4 is 17.3 Å². The van der Waals surface area contributed by atoms with Gasteiger partial charge in [0.25, 0.3) is 0 Å². The van der Waals surface area contributed by atoms with E-state index in [9.17, 15) is 24.7 Å². The lowest BCUT2D eigenvalue weighted by molar-refractivity contribution is -0.153. The first-order valence-corrected chi connectivity index (χ1v) is 8.59. The Morgan fingerprint density at radius 3 is 2.93 bits per heavy atom. The SMILES string of the molecule is [2H]C([2H])(OC(=O)[C@@H](N)C(C)C)[C@H]1O[C@@](C#N)(c2cc(F)c3c(N)ncnn23)[C@H](O)[C@@H]1O. The maximum absolute atomic E-state index is 14.5. The molecule has 0 spiro atoms. The number of nitrogens with zero attached hydrogens (tertiary/aromatic N) is 4. The van der Waals surface area contributed by atoms with E-state index >= 15 is 0 Å². The Bertz CT molecular complexity index is 1060. The van der Waals surface area contributed by atoms with Gasteiger partial charge in [-0.1, -0.05) is 13.8 Å². The summed E-state index contributed by atoms with van der Waals surface area (Å²) in [6, 6.07) is 1.28. The van der Waals surface area contributed by atoms with Crippen molar-refractivity contribution in [3.63, 3.8) is 0 Å². The van der Waals surface area contributed by atoms with Crippen LogP contribution in [0.5, 0.6) is 0 Å². The van der Waals surface area contributed by atoms with Gasteiger partial charge in [0.05, 0.1) is 8.44 Å². The normalized spacial score (nSPS) is 29.4. The number of aliphatic hydroxyl groups is 2. The molecular formula is C17H21FN6O5. The third-order valence-electron chi connectivity index (χ3n) is 4.71. The quantitative estimate of drug-likeness (QED) is 0.438. The van der Waals surface area contributed by atoms with Gasteiger partial charge in [0, 0.05) is 6.07 Å². The van der Waals surface area contributed by atoms with Crippen LogP contribution in [-0.4, -0.2) is 61.7 Å². The number of nitrogens with two attached hydrogens (primary N) is 2. The summed E-state index contributed by atoms with van der Waals surface area (Å²) in [5.74, 6) is -2.68. The van der Waals surface area contributed by atoms with Gasteiger partial charge in [0.15, 0.2) is 11.6 Å². The lowest BCUT2D eigenvalue weighted by atomic mass is 9.92. The van der Waals surface area contributed by atoms with Crippen molar-refractivity contribution in [1.29, 1.82) is 5.26 Å². The summed E-state index contributed by atoms with van der Waals surface area (Å²) in [6.45, 7) is 0.238. The minimum Gasteiger partial charge on any atom is -0.462 e. The van der Waals surface area contributed by atoms with Crippen molar-refractivity contribution in [3.8, 4) is 6.07 Å². The van der Waals surface area contributed by atoms with E-state index in [1.165, 1.54) is 0 Å². The van der Waals surface area contributed by atoms with E-state index in [1.807, 2.05) is 0 Å². The zero-order chi connectivity index (χ0) is 23.3. The van der Waals surface area contributed by atoms with E-state index in [0.29, 0.717) is 0 Å². The van der Waals surface area contributed by atoms with Crippen molar-refractivity contribution in [2.45, 2.75) is 43.8 Å². The van der Waals surface area contributed by atoms with Gasteiger partial charge < -0.3 is 31.2 Å². The van der Waals surface area contributed by atoms with Crippen molar-refractivity contribution in [3.05, 3.63) is 23.9 Å². The predicted octanol–water partition coefficient (Wildman–Crippen LogP) is -1.18. The van der Waals surface area contributed by atoms with E-state index in [-0.39, 0.29) is 22.9 Å². The number of aliphatic hydroxyl groups excluding tert-OH is 2. The number of fused-ring (bicyclic) bond motifs is 1. The number of carbonyl (C=O) groups is 1. The molecule has 0 radical (unpaired) electrons. The lowest BCUT2D eigenvalue weighted by Gasteiger charge is -2.24. The molecule has 0 saturated carbocycles. The van der Waals surface area contributed by atoms with Crippen LogP contribution in [0.1, 0.15) is 22.3 Å². The second-order valence-corrected chi connectivity index (χ2v) is 6.91. The third-order valence-corrected chi connectivity index (χ3v) is 4.71. The summed E-state index contributed by atoms with van der Waals surface area (Å²) in [6.07, 6.45) is -5.15. The topological polar surface area (TPSA) is 182 Å². The van der Waals surface area contributed by atoms with Gasteiger partial charge in [-0.25, -0.2) is 13.9 Å². The molecule has 29 heavy (non-hydrogen) atoms. The average molecular weight is 410 g/mol. The molecule has 0 unspecified atom stereocenters. The highest BCUT2D eigenvalue weighted by Gasteiger charge is 2.58. The smallest absolute Gasteiger partial charge is 0.323 e. The summed E-state index contributed by atoms with van der Waals surface area (Å²) in [5, 5.41) is 34.7. The summed E-state index contributed by atoms with van der Waals surface area (Å²) in [7, 11) is 0. The Labute approximate surface area is 167 Å². The number of halogens is 1. The van der Waals surface area contributed by atoms with Crippen LogP contribution in [0.4, 0.5) is 10.2 Å². The summed E-state index contributed by atoms with van der Waals surface area (Å²) >= 11 is 0. The first-order valence-electron chi connectivity index (χ1n) is 9.59. The Hall–Kier alpha value is -2.85. The second-order valence-electron chi connectivity index (χ2n) is 6.91. The molecule has 2 aromatic rings. The Morgan fingerprint density at radius 2 is 2.31 bits per heavy atom. The minimum atomic E-state index is -3.00. The van der Waals surface area contributed by atoms with Gasteiger partial charge in [-0.3, -0.25) is 4.79 Å². The number of aromatic nitrogens is 3. The maximum Gasteiger partial charge on any atom is 0.323 e. The summed E-state index contributed by atoms with van der Waals surface area (Å²) < 4.78 is 41.7. The number of rotatable bonds is 5. The van der Waals surface area contributed by atoms with Gasteiger partial charge in [0.1, 0.15) is 48.8 Å². The van der Waals surface area contributed by atoms with Gasteiger partial charge in [-0.2, -0.15) is 10.4 Å². The molecule has 1 fully saturated rings. The minimum absolute atomic E-state index is 0.261. The molecule has 1 aliphatic heterocycles. The molecule has 3 rings (SSSR count). The van der Waals surface area contributed by atoms with Crippen LogP contribution in [0.3, 0.4) is 0 Å². The van der Waals surface area contributed by atoms with Crippen molar-refractivity contribution in [2.24, 2.45) is 11.7 Å². The predicted molar refractivity (Wildman–Crippen MR) is 95.3 cm³/mol. The Kier molecular flexibility index (Phi) is 4.72. The number of hydrogen-bond acceptors (Lipinski definition) is 10. The van der Waals surface area contributed by atoms with E-state index in [2.05, 4.69) is 10.1 Å². The number of esters is 1. The lowest BCUT2D eigenvalue weighted by Crippen LogP contribution is -2.41. The summed E-state index contributed by atoms with van der Waals surface area (Å²) in [5.41, 5.74) is 8.15. The molecule has 156 valence electrons. The first-order chi connectivity index (χ1) is 14.4. The van der Waals surface area contributed by atoms with Crippen LogP contribution in [0.15, 0.2) is 12.4 Å². The standard InChI is InChI=1S/C17H21FN6O5/c1-7(2)11(20)16(27)28-4-9-13(25)14(26)17(5-19,29-9)10-3-8(18)12-15(21)22-6-23-24(10)12/h3,6-7,9,11,13-14,25-26H,4,20H2,1-2H3,(H2,21,22,23)/t9-,11+,13-,14-,17+/m1/s1/i4D2. The molecule has 0 bridgehead atoms. The van der Waals surface area contributed by atoms with Crippen LogP contribution in [-0.2, 0) is 19.9 Å². The van der Waals surface area contributed by atoms with Gasteiger partial charge in [-0.05, 0) is 5.92 Å². The molecule has 2 aromatic heterocycles.